The Morgan fingerprint density at radius 1 is 0.878 bits per heavy atom. The SMILES string of the molecule is COc1ncc(-c2ccc3c(Nc4cc(Nc5ccc(F)cc5)cc(C(=O)O)c4)c(C(N)=O)cnc3c2)c(OC)n1. The number of nitrogens with one attached hydrogen (secondary N) is 2. The zero-order chi connectivity index (χ0) is 29.1. The van der Waals surface area contributed by atoms with Crippen LogP contribution in [0.4, 0.5) is 27.1 Å². The van der Waals surface area contributed by atoms with Crippen LogP contribution in [0.15, 0.2) is 73.1 Å². The van der Waals surface area contributed by atoms with Gasteiger partial charge < -0.3 is 30.9 Å². The van der Waals surface area contributed by atoms with Crippen LogP contribution in [0.1, 0.15) is 20.7 Å². The molecule has 0 bridgehead atoms. The molecule has 5 aromatic rings. The Kier molecular flexibility index (Phi) is 7.29. The van der Waals surface area contributed by atoms with E-state index >= 15 is 0 Å². The molecule has 5 rings (SSSR count). The molecule has 0 saturated carbocycles. The second-order valence-corrected chi connectivity index (χ2v) is 8.78. The maximum atomic E-state index is 13.3. The number of carboxylic acids is 1. The number of anilines is 4. The van der Waals surface area contributed by atoms with E-state index in [1.807, 2.05) is 0 Å². The number of halogens is 1. The first-order valence-electron chi connectivity index (χ1n) is 12.1. The van der Waals surface area contributed by atoms with Crippen LogP contribution >= 0.6 is 0 Å². The number of aromatic carboxylic acids is 1. The van der Waals surface area contributed by atoms with E-state index in [0.717, 1.165) is 0 Å². The Balaban J connectivity index is 1.58. The molecule has 0 aliphatic heterocycles. The van der Waals surface area contributed by atoms with E-state index in [1.54, 1.807) is 30.5 Å². The van der Waals surface area contributed by atoms with Crippen LogP contribution in [0.5, 0.6) is 11.9 Å². The number of fused-ring (bicyclic) bond motifs is 1. The van der Waals surface area contributed by atoms with Gasteiger partial charge in [-0.15, -0.1) is 0 Å². The lowest BCUT2D eigenvalue weighted by Gasteiger charge is -2.16. The summed E-state index contributed by atoms with van der Waals surface area (Å²) in [5.74, 6) is -1.99. The van der Waals surface area contributed by atoms with Crippen molar-refractivity contribution in [3.05, 3.63) is 90.0 Å². The Morgan fingerprint density at radius 2 is 1.61 bits per heavy atom. The number of carbonyl (C=O) groups excluding carboxylic acids is 1. The van der Waals surface area contributed by atoms with Gasteiger partial charge in [-0.3, -0.25) is 9.78 Å². The van der Waals surface area contributed by atoms with Gasteiger partial charge in [-0.05, 0) is 54.1 Å². The Hall–Kier alpha value is -5.78. The minimum absolute atomic E-state index is 0.0208. The van der Waals surface area contributed by atoms with E-state index in [-0.39, 0.29) is 17.1 Å². The number of ether oxygens (including phenoxy) is 2. The normalized spacial score (nSPS) is 10.7. The molecule has 3 aromatic carbocycles. The number of carboxylic acid groups (broad SMARTS) is 1. The number of amides is 1. The molecule has 2 aromatic heterocycles. The summed E-state index contributed by atoms with van der Waals surface area (Å²) in [4.78, 5) is 37.0. The fourth-order valence-corrected chi connectivity index (χ4v) is 4.23. The summed E-state index contributed by atoms with van der Waals surface area (Å²) in [6, 6.07) is 15.6. The number of methoxy groups -OCH3 is 2. The van der Waals surface area contributed by atoms with E-state index in [4.69, 9.17) is 15.2 Å². The zero-order valence-electron chi connectivity index (χ0n) is 21.8. The molecule has 0 fully saturated rings. The molecule has 12 heteroatoms. The fraction of sp³-hybridized carbons (Fsp3) is 0.0690. The lowest BCUT2D eigenvalue weighted by atomic mass is 10.0. The van der Waals surface area contributed by atoms with Gasteiger partial charge in [0.2, 0.25) is 5.88 Å². The minimum Gasteiger partial charge on any atom is -0.480 e. The molecular formula is C29H23FN6O5. The molecular weight excluding hydrogens is 531 g/mol. The van der Waals surface area contributed by atoms with Gasteiger partial charge in [0.05, 0.1) is 42.1 Å². The summed E-state index contributed by atoms with van der Waals surface area (Å²) in [6.45, 7) is 0. The predicted molar refractivity (Wildman–Crippen MR) is 151 cm³/mol. The first kappa shape index (κ1) is 26.8. The lowest BCUT2D eigenvalue weighted by Crippen LogP contribution is -2.14. The van der Waals surface area contributed by atoms with Crippen molar-refractivity contribution in [2.24, 2.45) is 5.73 Å². The maximum absolute atomic E-state index is 13.3. The highest BCUT2D eigenvalue weighted by atomic mass is 19.1. The molecule has 0 aliphatic rings. The van der Waals surface area contributed by atoms with E-state index in [0.29, 0.717) is 50.7 Å². The van der Waals surface area contributed by atoms with Gasteiger partial charge in [0, 0.05) is 34.8 Å². The van der Waals surface area contributed by atoms with Crippen molar-refractivity contribution in [1.29, 1.82) is 0 Å². The average Bonchev–Trinajstić information content (AvgIpc) is 2.97. The van der Waals surface area contributed by atoms with E-state index in [9.17, 15) is 19.1 Å². The van der Waals surface area contributed by atoms with Crippen molar-refractivity contribution in [2.75, 3.05) is 24.9 Å². The lowest BCUT2D eigenvalue weighted by molar-refractivity contribution is 0.0696. The Morgan fingerprint density at radius 3 is 2.27 bits per heavy atom. The third-order valence-electron chi connectivity index (χ3n) is 6.14. The van der Waals surface area contributed by atoms with Crippen molar-refractivity contribution in [1.82, 2.24) is 15.0 Å². The number of hydrogen-bond donors (Lipinski definition) is 4. The first-order valence-corrected chi connectivity index (χ1v) is 12.1. The van der Waals surface area contributed by atoms with Gasteiger partial charge in [-0.2, -0.15) is 4.98 Å². The molecule has 206 valence electrons. The van der Waals surface area contributed by atoms with Crippen LogP contribution in [-0.4, -0.2) is 46.2 Å². The monoisotopic (exact) mass is 554 g/mol. The highest BCUT2D eigenvalue weighted by Gasteiger charge is 2.18. The topological polar surface area (TPSA) is 162 Å². The predicted octanol–water partition coefficient (Wildman–Crippen LogP) is 5.13. The maximum Gasteiger partial charge on any atom is 0.335 e. The van der Waals surface area contributed by atoms with Gasteiger partial charge in [0.25, 0.3) is 5.91 Å². The van der Waals surface area contributed by atoms with Crippen molar-refractivity contribution in [2.45, 2.75) is 0 Å². The van der Waals surface area contributed by atoms with Crippen molar-refractivity contribution >= 4 is 45.5 Å². The quantitative estimate of drug-likeness (QED) is 0.192. The average molecular weight is 555 g/mol. The highest BCUT2D eigenvalue weighted by Crippen LogP contribution is 2.35. The molecule has 5 N–H and O–H groups in total. The molecule has 0 saturated heterocycles. The number of carbonyl (C=O) groups is 2. The third kappa shape index (κ3) is 5.66. The number of aromatic nitrogens is 3. The van der Waals surface area contributed by atoms with Crippen molar-refractivity contribution in [3.8, 4) is 23.0 Å². The molecule has 0 unspecified atom stereocenters. The number of nitrogens with zero attached hydrogens (tertiary/aromatic N) is 3. The fourth-order valence-electron chi connectivity index (χ4n) is 4.23. The second-order valence-electron chi connectivity index (χ2n) is 8.78. The van der Waals surface area contributed by atoms with Crippen LogP contribution in [0.2, 0.25) is 0 Å². The van der Waals surface area contributed by atoms with Crippen LogP contribution in [0.3, 0.4) is 0 Å². The smallest absolute Gasteiger partial charge is 0.335 e. The number of hydrogen-bond acceptors (Lipinski definition) is 9. The molecule has 1 amide bonds. The summed E-state index contributed by atoms with van der Waals surface area (Å²) >= 11 is 0. The third-order valence-corrected chi connectivity index (χ3v) is 6.14. The Bertz CT molecular complexity index is 1800. The highest BCUT2D eigenvalue weighted by molar-refractivity contribution is 6.08. The van der Waals surface area contributed by atoms with Crippen LogP contribution in [0, 0.1) is 5.82 Å². The Labute approximate surface area is 232 Å². The van der Waals surface area contributed by atoms with E-state index in [1.165, 1.54) is 56.8 Å². The molecule has 41 heavy (non-hydrogen) atoms. The number of primary amides is 1. The second kappa shape index (κ2) is 11.1. The number of nitrogens with two attached hydrogens (primary N) is 1. The summed E-state index contributed by atoms with van der Waals surface area (Å²) < 4.78 is 23.8. The summed E-state index contributed by atoms with van der Waals surface area (Å²) in [7, 11) is 2.93. The summed E-state index contributed by atoms with van der Waals surface area (Å²) in [5.41, 5.74) is 9.21. The minimum atomic E-state index is -1.16. The van der Waals surface area contributed by atoms with E-state index < -0.39 is 17.7 Å². The van der Waals surface area contributed by atoms with E-state index in [2.05, 4.69) is 25.6 Å². The molecule has 0 atom stereocenters. The van der Waals surface area contributed by atoms with Crippen LogP contribution in [-0.2, 0) is 0 Å². The van der Waals surface area contributed by atoms with Gasteiger partial charge in [-0.25, -0.2) is 14.2 Å². The summed E-state index contributed by atoms with van der Waals surface area (Å²) in [5, 5.41) is 16.5. The zero-order valence-corrected chi connectivity index (χ0v) is 21.8. The van der Waals surface area contributed by atoms with Crippen molar-refractivity contribution in [3.63, 3.8) is 0 Å². The number of pyridine rings is 1. The molecule has 11 nitrogen and oxygen atoms in total. The molecule has 0 spiro atoms. The van der Waals surface area contributed by atoms with Gasteiger partial charge in [-0.1, -0.05) is 12.1 Å². The summed E-state index contributed by atoms with van der Waals surface area (Å²) in [6.07, 6.45) is 2.91. The first-order chi connectivity index (χ1) is 19.7. The van der Waals surface area contributed by atoms with Crippen LogP contribution in [0.25, 0.3) is 22.0 Å². The number of benzene rings is 3. The molecule has 0 aliphatic carbocycles. The van der Waals surface area contributed by atoms with Gasteiger partial charge >= 0.3 is 12.0 Å². The van der Waals surface area contributed by atoms with Crippen LogP contribution < -0.4 is 25.8 Å². The standard InChI is InChI=1S/C29H23FN6O5/c1-40-27-22(13-33-29(36-27)41-2)15-3-8-21-24(11-15)32-14-23(26(31)37)25(21)35-20-10-16(28(38)39)9-19(12-20)34-18-6-4-17(30)5-7-18/h3-14,34H,1-2H3,(H2,31,37)(H,32,35)(H,38,39). The van der Waals surface area contributed by atoms with Gasteiger partial charge in [0.15, 0.2) is 0 Å². The van der Waals surface area contributed by atoms with Gasteiger partial charge in [0.1, 0.15) is 5.82 Å². The molecule has 0 radical (unpaired) electrons. The van der Waals surface area contributed by atoms with Crippen molar-refractivity contribution < 1.29 is 28.6 Å². The number of rotatable bonds is 9. The molecule has 2 heterocycles. The largest absolute Gasteiger partial charge is 0.480 e.